The summed E-state index contributed by atoms with van der Waals surface area (Å²) in [5.74, 6) is 0.700. The van der Waals surface area contributed by atoms with E-state index in [1.165, 1.54) is 24.1 Å². The van der Waals surface area contributed by atoms with Gasteiger partial charge in [-0.1, -0.05) is 24.3 Å². The molecule has 1 amide bonds. The van der Waals surface area contributed by atoms with Crippen molar-refractivity contribution in [2.45, 2.75) is 65.6 Å². The first-order valence-electron chi connectivity index (χ1n) is 12.1. The molecule has 6 heteroatoms. The molecule has 2 aromatic rings. The molecule has 178 valence electrons. The van der Waals surface area contributed by atoms with Crippen molar-refractivity contribution in [3.63, 3.8) is 0 Å². The highest BCUT2D eigenvalue weighted by Crippen LogP contribution is 2.24. The van der Waals surface area contributed by atoms with Crippen molar-refractivity contribution in [2.24, 2.45) is 4.99 Å². The number of aliphatic imine (C=N–C) groups is 1. The molecule has 0 aliphatic carbocycles. The van der Waals surface area contributed by atoms with Crippen molar-refractivity contribution in [3.8, 4) is 0 Å². The lowest BCUT2D eigenvalue weighted by molar-refractivity contribution is 0.0919. The molecule has 0 aromatic heterocycles. The van der Waals surface area contributed by atoms with Gasteiger partial charge in [-0.15, -0.1) is 0 Å². The van der Waals surface area contributed by atoms with Crippen LogP contribution in [0.3, 0.4) is 0 Å². The molecule has 1 heterocycles. The van der Waals surface area contributed by atoms with Crippen LogP contribution in [0.1, 0.15) is 75.0 Å². The van der Waals surface area contributed by atoms with Gasteiger partial charge in [0, 0.05) is 36.4 Å². The Morgan fingerprint density at radius 1 is 1.09 bits per heavy atom. The second-order valence-electron chi connectivity index (χ2n) is 9.75. The molecule has 0 saturated carbocycles. The second-order valence-corrected chi connectivity index (χ2v) is 9.75. The van der Waals surface area contributed by atoms with E-state index in [2.05, 4.69) is 59.0 Å². The standard InChI is InChI=1S/C27H39N5O/c1-6-28-26(29-19-21-11-9-13-23(17-21)25(33)31-27(3,4)5)30-20(2)22-12-10-14-24(18-22)32-15-7-8-16-32/h9-14,17-18,20H,6-8,15-16,19H2,1-5H3,(H,31,33)(H2,28,29,30). The monoisotopic (exact) mass is 449 g/mol. The van der Waals surface area contributed by atoms with E-state index in [0.717, 1.165) is 31.2 Å². The maximum atomic E-state index is 12.5. The van der Waals surface area contributed by atoms with Gasteiger partial charge in [-0.2, -0.15) is 0 Å². The van der Waals surface area contributed by atoms with Crippen molar-refractivity contribution in [3.05, 3.63) is 65.2 Å². The van der Waals surface area contributed by atoms with E-state index >= 15 is 0 Å². The Labute approximate surface area is 198 Å². The molecule has 1 aliphatic heterocycles. The van der Waals surface area contributed by atoms with E-state index in [-0.39, 0.29) is 17.5 Å². The van der Waals surface area contributed by atoms with Crippen LogP contribution >= 0.6 is 0 Å². The second kappa shape index (κ2) is 11.2. The van der Waals surface area contributed by atoms with E-state index in [1.54, 1.807) is 0 Å². The third-order valence-corrected chi connectivity index (χ3v) is 5.64. The van der Waals surface area contributed by atoms with Crippen LogP contribution in [0.4, 0.5) is 5.69 Å². The van der Waals surface area contributed by atoms with Gasteiger partial charge in [0.1, 0.15) is 0 Å². The van der Waals surface area contributed by atoms with Crippen LogP contribution in [0, 0.1) is 0 Å². The zero-order chi connectivity index (χ0) is 23.8. The number of benzene rings is 2. The van der Waals surface area contributed by atoms with Crippen molar-refractivity contribution in [1.29, 1.82) is 0 Å². The molecule has 0 radical (unpaired) electrons. The Hall–Kier alpha value is -3.02. The zero-order valence-electron chi connectivity index (χ0n) is 20.7. The number of nitrogens with zero attached hydrogens (tertiary/aromatic N) is 2. The fourth-order valence-electron chi connectivity index (χ4n) is 3.97. The lowest BCUT2D eigenvalue weighted by atomic mass is 10.1. The van der Waals surface area contributed by atoms with Crippen LogP contribution in [0.15, 0.2) is 53.5 Å². The van der Waals surface area contributed by atoms with Gasteiger partial charge in [-0.05, 0) is 82.9 Å². The van der Waals surface area contributed by atoms with Gasteiger partial charge < -0.3 is 20.9 Å². The minimum Gasteiger partial charge on any atom is -0.372 e. The molecule has 1 fully saturated rings. The molecular formula is C27H39N5O. The third-order valence-electron chi connectivity index (χ3n) is 5.64. The van der Waals surface area contributed by atoms with Crippen molar-refractivity contribution in [2.75, 3.05) is 24.5 Å². The highest BCUT2D eigenvalue weighted by molar-refractivity contribution is 5.94. The lowest BCUT2D eigenvalue weighted by Crippen LogP contribution is -2.40. The quantitative estimate of drug-likeness (QED) is 0.426. The first kappa shape index (κ1) is 24.6. The number of hydrogen-bond donors (Lipinski definition) is 3. The van der Waals surface area contributed by atoms with Gasteiger partial charge in [0.25, 0.3) is 5.91 Å². The van der Waals surface area contributed by atoms with Crippen LogP contribution in [-0.2, 0) is 6.54 Å². The summed E-state index contributed by atoms with van der Waals surface area (Å²) in [7, 11) is 0. The minimum atomic E-state index is -0.268. The summed E-state index contributed by atoms with van der Waals surface area (Å²) in [6.45, 7) is 13.7. The fraction of sp³-hybridized carbons (Fsp3) is 0.481. The third kappa shape index (κ3) is 7.52. The Balaban J connectivity index is 1.68. The summed E-state index contributed by atoms with van der Waals surface area (Å²) >= 11 is 0. The summed E-state index contributed by atoms with van der Waals surface area (Å²) in [6, 6.07) is 16.6. The van der Waals surface area contributed by atoms with E-state index < -0.39 is 0 Å². The number of anilines is 1. The number of hydrogen-bond acceptors (Lipinski definition) is 3. The number of carbonyl (C=O) groups excluding carboxylic acids is 1. The zero-order valence-corrected chi connectivity index (χ0v) is 20.7. The summed E-state index contributed by atoms with van der Waals surface area (Å²) in [5.41, 5.74) is 3.92. The van der Waals surface area contributed by atoms with Crippen molar-refractivity contribution < 1.29 is 4.79 Å². The molecule has 0 bridgehead atoms. The molecule has 1 aliphatic rings. The Morgan fingerprint density at radius 3 is 2.52 bits per heavy atom. The number of amides is 1. The van der Waals surface area contributed by atoms with Crippen LogP contribution in [0.2, 0.25) is 0 Å². The predicted molar refractivity (Wildman–Crippen MR) is 138 cm³/mol. The van der Waals surface area contributed by atoms with Gasteiger partial charge in [-0.25, -0.2) is 4.99 Å². The molecule has 1 unspecified atom stereocenters. The largest absolute Gasteiger partial charge is 0.372 e. The van der Waals surface area contributed by atoms with E-state index in [4.69, 9.17) is 4.99 Å². The molecule has 3 N–H and O–H groups in total. The predicted octanol–water partition coefficient (Wildman–Crippen LogP) is 4.63. The SMILES string of the molecule is CCNC(=NCc1cccc(C(=O)NC(C)(C)C)c1)NC(C)c1cccc(N2CCCC2)c1. The summed E-state index contributed by atoms with van der Waals surface area (Å²) in [5, 5.41) is 9.89. The van der Waals surface area contributed by atoms with Gasteiger partial charge >= 0.3 is 0 Å². The van der Waals surface area contributed by atoms with E-state index in [0.29, 0.717) is 12.1 Å². The summed E-state index contributed by atoms with van der Waals surface area (Å²) < 4.78 is 0. The highest BCUT2D eigenvalue weighted by atomic mass is 16.1. The molecule has 0 spiro atoms. The molecule has 1 atom stereocenters. The van der Waals surface area contributed by atoms with Gasteiger partial charge in [0.2, 0.25) is 0 Å². The lowest BCUT2D eigenvalue weighted by Gasteiger charge is -2.22. The summed E-state index contributed by atoms with van der Waals surface area (Å²) in [6.07, 6.45) is 2.54. The Morgan fingerprint density at radius 2 is 1.82 bits per heavy atom. The van der Waals surface area contributed by atoms with Crippen molar-refractivity contribution >= 4 is 17.6 Å². The number of carbonyl (C=O) groups is 1. The van der Waals surface area contributed by atoms with Gasteiger partial charge in [-0.3, -0.25) is 4.79 Å². The number of rotatable bonds is 7. The minimum absolute atomic E-state index is 0.0649. The normalized spacial score (nSPS) is 15.3. The number of guanidine groups is 1. The summed E-state index contributed by atoms with van der Waals surface area (Å²) in [4.78, 5) is 19.7. The van der Waals surface area contributed by atoms with E-state index in [1.807, 2.05) is 45.0 Å². The molecule has 33 heavy (non-hydrogen) atoms. The maximum absolute atomic E-state index is 12.5. The average Bonchev–Trinajstić information content (AvgIpc) is 3.32. The fourth-order valence-corrected chi connectivity index (χ4v) is 3.97. The topological polar surface area (TPSA) is 68.8 Å². The van der Waals surface area contributed by atoms with Crippen LogP contribution in [0.5, 0.6) is 0 Å². The van der Waals surface area contributed by atoms with Gasteiger partial charge in [0.05, 0.1) is 12.6 Å². The van der Waals surface area contributed by atoms with E-state index in [9.17, 15) is 4.79 Å². The first-order valence-corrected chi connectivity index (χ1v) is 12.1. The Kier molecular flexibility index (Phi) is 8.37. The molecule has 6 nitrogen and oxygen atoms in total. The van der Waals surface area contributed by atoms with Crippen molar-refractivity contribution in [1.82, 2.24) is 16.0 Å². The van der Waals surface area contributed by atoms with Crippen LogP contribution in [0.25, 0.3) is 0 Å². The maximum Gasteiger partial charge on any atom is 0.251 e. The smallest absolute Gasteiger partial charge is 0.251 e. The number of nitrogens with one attached hydrogen (secondary N) is 3. The molecule has 3 rings (SSSR count). The highest BCUT2D eigenvalue weighted by Gasteiger charge is 2.16. The first-order chi connectivity index (χ1) is 15.7. The average molecular weight is 450 g/mol. The molecular weight excluding hydrogens is 410 g/mol. The molecule has 1 saturated heterocycles. The molecule has 2 aromatic carbocycles. The Bertz CT molecular complexity index is 957. The van der Waals surface area contributed by atoms with Gasteiger partial charge in [0.15, 0.2) is 5.96 Å². The van der Waals surface area contributed by atoms with Crippen LogP contribution in [-0.4, -0.2) is 37.0 Å². The van der Waals surface area contributed by atoms with Crippen LogP contribution < -0.4 is 20.9 Å².